The van der Waals surface area contributed by atoms with E-state index in [2.05, 4.69) is 19.3 Å². The third-order valence-corrected chi connectivity index (χ3v) is 3.57. The zero-order valence-corrected chi connectivity index (χ0v) is 16.0. The lowest BCUT2D eigenvalue weighted by atomic mass is 10.2. The number of nitrogens with zero attached hydrogens (tertiary/aromatic N) is 2. The molecule has 0 aliphatic rings. The molecule has 0 amide bonds. The van der Waals surface area contributed by atoms with Crippen LogP contribution in [-0.4, -0.2) is 30.7 Å². The van der Waals surface area contributed by atoms with Gasteiger partial charge in [0.25, 0.3) is 5.69 Å². The lowest BCUT2D eigenvalue weighted by Crippen LogP contribution is -2.01. The van der Waals surface area contributed by atoms with Gasteiger partial charge in [0.15, 0.2) is 0 Å². The fourth-order valence-corrected chi connectivity index (χ4v) is 1.95. The molecule has 9 nitrogen and oxygen atoms in total. The van der Waals surface area contributed by atoms with Crippen LogP contribution < -0.4 is 10.1 Å². The number of hydrogen-bond donors (Lipinski definition) is 1. The van der Waals surface area contributed by atoms with E-state index in [0.717, 1.165) is 0 Å². The first-order chi connectivity index (χ1) is 12.4. The van der Waals surface area contributed by atoms with Gasteiger partial charge in [-0.3, -0.25) is 10.1 Å². The van der Waals surface area contributed by atoms with E-state index >= 15 is 0 Å². The van der Waals surface area contributed by atoms with E-state index in [1.807, 2.05) is 6.92 Å². The third kappa shape index (κ3) is 7.28. The zero-order valence-electron chi connectivity index (χ0n) is 14.3. The summed E-state index contributed by atoms with van der Waals surface area (Å²) in [6.45, 7) is 2.43. The van der Waals surface area contributed by atoms with E-state index in [4.69, 9.17) is 16.3 Å². The highest BCUT2D eigenvalue weighted by Crippen LogP contribution is 2.31. The fourth-order valence-electron chi connectivity index (χ4n) is 1.69. The molecule has 0 aliphatic carbocycles. The number of pyridine rings is 1. The van der Waals surface area contributed by atoms with Gasteiger partial charge in [0.05, 0.1) is 24.2 Å². The van der Waals surface area contributed by atoms with Crippen molar-refractivity contribution >= 4 is 31.2 Å². The summed E-state index contributed by atoms with van der Waals surface area (Å²) in [7, 11) is 0.817. The minimum Gasteiger partial charge on any atom is -0.439 e. The Hall–Kier alpha value is -2.32. The Morgan fingerprint density at radius 3 is 2.42 bits per heavy atom. The molecule has 2 aromatic rings. The maximum absolute atomic E-state index is 10.9. The lowest BCUT2D eigenvalue weighted by molar-refractivity contribution is -0.384. The van der Waals surface area contributed by atoms with Crippen LogP contribution in [0.4, 0.5) is 11.4 Å². The molecule has 1 aromatic heterocycles. The van der Waals surface area contributed by atoms with E-state index in [1.54, 1.807) is 18.2 Å². The van der Waals surface area contributed by atoms with Crippen LogP contribution >= 0.6 is 19.9 Å². The van der Waals surface area contributed by atoms with Crippen molar-refractivity contribution in [2.75, 3.05) is 26.1 Å². The van der Waals surface area contributed by atoms with Gasteiger partial charge >= 0.3 is 8.25 Å². The highest BCUT2D eigenvalue weighted by Gasteiger charge is 2.14. The topological polar surface area (TPSA) is 113 Å². The van der Waals surface area contributed by atoms with Gasteiger partial charge in [-0.1, -0.05) is 11.6 Å². The van der Waals surface area contributed by atoms with Gasteiger partial charge in [-0.05, 0) is 19.1 Å². The maximum Gasteiger partial charge on any atom is 0.696 e. The van der Waals surface area contributed by atoms with Crippen LogP contribution in [0.15, 0.2) is 36.5 Å². The van der Waals surface area contributed by atoms with Gasteiger partial charge in [0.1, 0.15) is 11.4 Å². The molecule has 0 bridgehead atoms. The number of benzene rings is 1. The van der Waals surface area contributed by atoms with Crippen LogP contribution in [0.2, 0.25) is 5.02 Å². The number of nitro groups is 1. The van der Waals surface area contributed by atoms with Gasteiger partial charge < -0.3 is 10.1 Å². The Labute approximate surface area is 156 Å². The van der Waals surface area contributed by atoms with Crippen molar-refractivity contribution in [3.8, 4) is 11.6 Å². The molecular weight excluding hydrogens is 385 g/mol. The summed E-state index contributed by atoms with van der Waals surface area (Å²) in [5.41, 5.74) is 0.409. The number of aromatic nitrogens is 1. The second-order valence-electron chi connectivity index (χ2n) is 4.47. The first kappa shape index (κ1) is 21.7. The van der Waals surface area contributed by atoms with Gasteiger partial charge in [0, 0.05) is 35.5 Å². The fraction of sp³-hybridized carbons (Fsp3) is 0.267. The van der Waals surface area contributed by atoms with Crippen molar-refractivity contribution < 1.29 is 23.3 Å². The lowest BCUT2D eigenvalue weighted by Gasteiger charge is -2.08. The van der Waals surface area contributed by atoms with Crippen molar-refractivity contribution in [3.05, 3.63) is 51.7 Å². The van der Waals surface area contributed by atoms with Crippen LogP contribution in [0.5, 0.6) is 11.6 Å². The number of rotatable bonds is 7. The minimum atomic E-state index is -1.83. The number of nitrogens with one attached hydrogen (secondary N) is 1. The molecule has 1 N–H and O–H groups in total. The highest BCUT2D eigenvalue weighted by molar-refractivity contribution is 7.33. The quantitative estimate of drug-likeness (QED) is 0.399. The number of anilines is 1. The predicted octanol–water partition coefficient (Wildman–Crippen LogP) is 4.80. The molecule has 0 fully saturated rings. The van der Waals surface area contributed by atoms with Gasteiger partial charge in [-0.15, -0.1) is 9.05 Å². The third-order valence-electron chi connectivity index (χ3n) is 2.75. The summed E-state index contributed by atoms with van der Waals surface area (Å²) in [5.74, 6) is 0.826. The number of halogens is 1. The Morgan fingerprint density at radius 2 is 1.96 bits per heavy atom. The largest absolute Gasteiger partial charge is 0.696 e. The molecule has 2 rings (SSSR count). The average molecular weight is 403 g/mol. The number of hydrogen-bond acceptors (Lipinski definition) is 8. The Morgan fingerprint density at radius 1 is 1.27 bits per heavy atom. The van der Waals surface area contributed by atoms with Gasteiger partial charge in [-0.2, -0.15) is 0 Å². The van der Waals surface area contributed by atoms with E-state index < -0.39 is 13.2 Å². The summed E-state index contributed by atoms with van der Waals surface area (Å²) in [4.78, 5) is 14.5. The summed E-state index contributed by atoms with van der Waals surface area (Å²) in [6.07, 6.45) is 1.47. The minimum absolute atomic E-state index is 0.00302. The molecule has 0 spiro atoms. The van der Waals surface area contributed by atoms with E-state index in [9.17, 15) is 14.7 Å². The SMILES string of the molecule is CCNc1cc(Oc2ccc(Cl)cn2)ccc1[N+](=O)[O-].CO[P+](=O)OC. The molecule has 140 valence electrons. The van der Waals surface area contributed by atoms with E-state index in [1.165, 1.54) is 32.5 Å². The number of ether oxygens (including phenoxy) is 1. The summed E-state index contributed by atoms with van der Waals surface area (Å²) < 4.78 is 23.8. The highest BCUT2D eigenvalue weighted by atomic mass is 35.5. The molecule has 1 heterocycles. The van der Waals surface area contributed by atoms with E-state index in [0.29, 0.717) is 28.9 Å². The van der Waals surface area contributed by atoms with Crippen LogP contribution in [0.1, 0.15) is 6.92 Å². The summed E-state index contributed by atoms with van der Waals surface area (Å²) in [6, 6.07) is 7.76. The van der Waals surface area contributed by atoms with Crippen LogP contribution in [0, 0.1) is 10.1 Å². The maximum atomic E-state index is 10.9. The molecule has 0 saturated carbocycles. The Kier molecular flexibility index (Phi) is 9.46. The van der Waals surface area contributed by atoms with Gasteiger partial charge in [0.2, 0.25) is 5.88 Å². The predicted molar refractivity (Wildman–Crippen MR) is 98.2 cm³/mol. The van der Waals surface area contributed by atoms with Crippen molar-refractivity contribution in [1.82, 2.24) is 4.98 Å². The second kappa shape index (κ2) is 11.3. The normalized spacial score (nSPS) is 9.69. The van der Waals surface area contributed by atoms with Crippen molar-refractivity contribution in [3.63, 3.8) is 0 Å². The first-order valence-electron chi connectivity index (χ1n) is 7.28. The van der Waals surface area contributed by atoms with Crippen molar-refractivity contribution in [2.45, 2.75) is 6.92 Å². The molecule has 0 aliphatic heterocycles. The first-order valence-corrected chi connectivity index (χ1v) is 8.75. The van der Waals surface area contributed by atoms with Crippen LogP contribution in [0.3, 0.4) is 0 Å². The molecule has 1 aromatic carbocycles. The summed E-state index contributed by atoms with van der Waals surface area (Å²) >= 11 is 5.73. The Bertz CT molecular complexity index is 739. The van der Waals surface area contributed by atoms with E-state index in [-0.39, 0.29) is 5.69 Å². The molecule has 0 radical (unpaired) electrons. The molecule has 0 atom stereocenters. The molecule has 0 unspecified atom stereocenters. The smallest absolute Gasteiger partial charge is 0.439 e. The van der Waals surface area contributed by atoms with Crippen LogP contribution in [0.25, 0.3) is 0 Å². The molecular formula is C15H18ClN3O6P+. The van der Waals surface area contributed by atoms with Crippen molar-refractivity contribution in [1.29, 1.82) is 0 Å². The summed E-state index contributed by atoms with van der Waals surface area (Å²) in [5, 5.41) is 14.3. The molecule has 26 heavy (non-hydrogen) atoms. The standard InChI is InChI=1S/C13H12ClN3O3.C2H6O3P/c1-2-15-11-7-10(4-5-12(11)17(18)19)20-13-6-3-9(14)8-16-13;1-4-6(3)5-2/h3-8,15H,2H2,1H3;1-2H3/q;+1. The Balaban J connectivity index is 0.000000487. The van der Waals surface area contributed by atoms with Gasteiger partial charge in [-0.25, -0.2) is 4.98 Å². The molecule has 11 heteroatoms. The van der Waals surface area contributed by atoms with Crippen LogP contribution in [-0.2, 0) is 13.6 Å². The molecule has 0 saturated heterocycles. The second-order valence-corrected chi connectivity index (χ2v) is 6.09. The number of nitro benzene ring substituents is 1. The zero-order chi connectivity index (χ0) is 19.5. The van der Waals surface area contributed by atoms with Crippen molar-refractivity contribution in [2.24, 2.45) is 0 Å². The average Bonchev–Trinajstić information content (AvgIpc) is 2.63. The monoisotopic (exact) mass is 402 g/mol.